The van der Waals surface area contributed by atoms with Crippen molar-refractivity contribution in [3.05, 3.63) is 64.1 Å². The topological polar surface area (TPSA) is 38.3 Å². The van der Waals surface area contributed by atoms with Gasteiger partial charge in [-0.25, -0.2) is 0 Å². The van der Waals surface area contributed by atoms with Crippen LogP contribution < -0.4 is 10.1 Å². The molecule has 0 saturated heterocycles. The molecule has 21 heavy (non-hydrogen) atoms. The SMILES string of the molecule is CC(C)Oc1cccc(C(=O)NCc2ccc(Br)cc2)c1. The molecule has 0 aliphatic carbocycles. The highest BCUT2D eigenvalue weighted by molar-refractivity contribution is 9.10. The maximum absolute atomic E-state index is 12.1. The minimum atomic E-state index is -0.105. The van der Waals surface area contributed by atoms with E-state index >= 15 is 0 Å². The van der Waals surface area contributed by atoms with E-state index in [0.717, 1.165) is 10.0 Å². The quantitative estimate of drug-likeness (QED) is 0.881. The first-order valence-corrected chi connectivity index (χ1v) is 7.63. The fourth-order valence-corrected chi connectivity index (χ4v) is 2.13. The number of hydrogen-bond acceptors (Lipinski definition) is 2. The summed E-state index contributed by atoms with van der Waals surface area (Å²) in [5, 5.41) is 2.91. The highest BCUT2D eigenvalue weighted by atomic mass is 79.9. The molecular weight excluding hydrogens is 330 g/mol. The molecule has 0 aromatic heterocycles. The van der Waals surface area contributed by atoms with Gasteiger partial charge in [-0.2, -0.15) is 0 Å². The summed E-state index contributed by atoms with van der Waals surface area (Å²) >= 11 is 3.39. The van der Waals surface area contributed by atoms with Crippen molar-refractivity contribution in [3.8, 4) is 5.75 Å². The standard InChI is InChI=1S/C17H18BrNO2/c1-12(2)21-16-5-3-4-14(10-16)17(20)19-11-13-6-8-15(18)9-7-13/h3-10,12H,11H2,1-2H3,(H,19,20). The van der Waals surface area contributed by atoms with Crippen LogP contribution in [0.15, 0.2) is 53.0 Å². The first-order chi connectivity index (χ1) is 10.0. The Kier molecular flexibility index (Phi) is 5.39. The lowest BCUT2D eigenvalue weighted by atomic mass is 10.2. The molecule has 0 unspecified atom stereocenters. The molecule has 2 rings (SSSR count). The molecular formula is C17H18BrNO2. The van der Waals surface area contributed by atoms with E-state index in [0.29, 0.717) is 17.9 Å². The van der Waals surface area contributed by atoms with E-state index in [9.17, 15) is 4.79 Å². The predicted octanol–water partition coefficient (Wildman–Crippen LogP) is 4.17. The highest BCUT2D eigenvalue weighted by Crippen LogP contribution is 2.15. The number of benzene rings is 2. The van der Waals surface area contributed by atoms with Crippen LogP contribution in [-0.4, -0.2) is 12.0 Å². The number of rotatable bonds is 5. The Morgan fingerprint density at radius 1 is 1.19 bits per heavy atom. The number of nitrogens with one attached hydrogen (secondary N) is 1. The summed E-state index contributed by atoms with van der Waals surface area (Å²) in [5.74, 6) is 0.605. The molecule has 1 amide bonds. The van der Waals surface area contributed by atoms with Crippen LogP contribution in [0.4, 0.5) is 0 Å². The zero-order valence-electron chi connectivity index (χ0n) is 12.1. The fourth-order valence-electron chi connectivity index (χ4n) is 1.87. The van der Waals surface area contributed by atoms with E-state index in [4.69, 9.17) is 4.74 Å². The largest absolute Gasteiger partial charge is 0.491 e. The zero-order valence-corrected chi connectivity index (χ0v) is 13.7. The first-order valence-electron chi connectivity index (χ1n) is 6.84. The summed E-state index contributed by atoms with van der Waals surface area (Å²) in [6.07, 6.45) is 0.0890. The summed E-state index contributed by atoms with van der Waals surface area (Å²) in [6.45, 7) is 4.42. The van der Waals surface area contributed by atoms with E-state index in [1.165, 1.54) is 0 Å². The van der Waals surface area contributed by atoms with E-state index in [1.54, 1.807) is 12.1 Å². The summed E-state index contributed by atoms with van der Waals surface area (Å²) < 4.78 is 6.62. The molecule has 0 radical (unpaired) electrons. The third-order valence-electron chi connectivity index (χ3n) is 2.83. The van der Waals surface area contributed by atoms with Crippen molar-refractivity contribution in [1.82, 2.24) is 5.32 Å². The van der Waals surface area contributed by atoms with Gasteiger partial charge >= 0.3 is 0 Å². The maximum Gasteiger partial charge on any atom is 0.251 e. The molecule has 2 aromatic rings. The molecule has 0 aliphatic heterocycles. The van der Waals surface area contributed by atoms with E-state index < -0.39 is 0 Å². The number of ether oxygens (including phenoxy) is 1. The molecule has 0 heterocycles. The smallest absolute Gasteiger partial charge is 0.251 e. The van der Waals surface area contributed by atoms with E-state index in [1.807, 2.05) is 50.2 Å². The van der Waals surface area contributed by atoms with Crippen molar-refractivity contribution >= 4 is 21.8 Å². The average Bonchev–Trinajstić information content (AvgIpc) is 2.46. The lowest BCUT2D eigenvalue weighted by Gasteiger charge is -2.11. The predicted molar refractivity (Wildman–Crippen MR) is 87.5 cm³/mol. The van der Waals surface area contributed by atoms with Crippen LogP contribution >= 0.6 is 15.9 Å². The van der Waals surface area contributed by atoms with Crippen molar-refractivity contribution in [2.75, 3.05) is 0 Å². The number of hydrogen-bond donors (Lipinski definition) is 1. The second-order valence-corrected chi connectivity index (χ2v) is 5.92. The molecule has 110 valence electrons. The third-order valence-corrected chi connectivity index (χ3v) is 3.36. The minimum absolute atomic E-state index is 0.0890. The van der Waals surface area contributed by atoms with Gasteiger partial charge in [0, 0.05) is 16.6 Å². The first kappa shape index (κ1) is 15.6. The van der Waals surface area contributed by atoms with Crippen LogP contribution in [0.5, 0.6) is 5.75 Å². The summed E-state index contributed by atoms with van der Waals surface area (Å²) in [6, 6.07) is 15.1. The normalized spacial score (nSPS) is 10.5. The molecule has 0 fully saturated rings. The lowest BCUT2D eigenvalue weighted by molar-refractivity contribution is 0.0950. The van der Waals surface area contributed by atoms with Crippen LogP contribution in [0, 0.1) is 0 Å². The zero-order chi connectivity index (χ0) is 15.2. The van der Waals surface area contributed by atoms with Crippen LogP contribution in [0.25, 0.3) is 0 Å². The average molecular weight is 348 g/mol. The molecule has 4 heteroatoms. The Labute approximate surface area is 133 Å². The van der Waals surface area contributed by atoms with Gasteiger partial charge in [-0.15, -0.1) is 0 Å². The number of carbonyl (C=O) groups excluding carboxylic acids is 1. The van der Waals surface area contributed by atoms with Gasteiger partial charge in [-0.3, -0.25) is 4.79 Å². The van der Waals surface area contributed by atoms with Gasteiger partial charge in [0.15, 0.2) is 0 Å². The number of halogens is 1. The second kappa shape index (κ2) is 7.27. The van der Waals surface area contributed by atoms with Gasteiger partial charge in [0.1, 0.15) is 5.75 Å². The minimum Gasteiger partial charge on any atom is -0.491 e. The molecule has 0 aliphatic rings. The lowest BCUT2D eigenvalue weighted by Crippen LogP contribution is -2.22. The van der Waals surface area contributed by atoms with Crippen molar-refractivity contribution in [3.63, 3.8) is 0 Å². The van der Waals surface area contributed by atoms with Gasteiger partial charge < -0.3 is 10.1 Å². The summed E-state index contributed by atoms with van der Waals surface area (Å²) in [7, 11) is 0. The van der Waals surface area contributed by atoms with Crippen LogP contribution in [0.1, 0.15) is 29.8 Å². The van der Waals surface area contributed by atoms with Gasteiger partial charge in [0.25, 0.3) is 5.91 Å². The summed E-state index contributed by atoms with van der Waals surface area (Å²) in [4.78, 5) is 12.1. The molecule has 1 N–H and O–H groups in total. The Bertz CT molecular complexity index is 608. The Morgan fingerprint density at radius 3 is 2.57 bits per heavy atom. The van der Waals surface area contributed by atoms with Gasteiger partial charge in [-0.05, 0) is 49.7 Å². The van der Waals surface area contributed by atoms with E-state index in [-0.39, 0.29) is 12.0 Å². The fraction of sp³-hybridized carbons (Fsp3) is 0.235. The molecule has 0 spiro atoms. The van der Waals surface area contributed by atoms with E-state index in [2.05, 4.69) is 21.2 Å². The number of amides is 1. The van der Waals surface area contributed by atoms with Gasteiger partial charge in [-0.1, -0.05) is 34.1 Å². The van der Waals surface area contributed by atoms with Crippen LogP contribution in [0.2, 0.25) is 0 Å². The molecule has 2 aromatic carbocycles. The second-order valence-electron chi connectivity index (χ2n) is 5.00. The van der Waals surface area contributed by atoms with Crippen molar-refractivity contribution in [2.24, 2.45) is 0 Å². The monoisotopic (exact) mass is 347 g/mol. The Hall–Kier alpha value is -1.81. The molecule has 0 atom stereocenters. The maximum atomic E-state index is 12.1. The third kappa shape index (κ3) is 4.90. The highest BCUT2D eigenvalue weighted by Gasteiger charge is 2.07. The van der Waals surface area contributed by atoms with Gasteiger partial charge in [0.2, 0.25) is 0 Å². The van der Waals surface area contributed by atoms with Crippen molar-refractivity contribution in [1.29, 1.82) is 0 Å². The summed E-state index contributed by atoms with van der Waals surface area (Å²) in [5.41, 5.74) is 1.66. The molecule has 0 bridgehead atoms. The van der Waals surface area contributed by atoms with Crippen LogP contribution in [0.3, 0.4) is 0 Å². The Morgan fingerprint density at radius 2 is 1.90 bits per heavy atom. The number of carbonyl (C=O) groups is 1. The van der Waals surface area contributed by atoms with Crippen molar-refractivity contribution < 1.29 is 9.53 Å². The molecule has 0 saturated carbocycles. The molecule has 3 nitrogen and oxygen atoms in total. The van der Waals surface area contributed by atoms with Crippen molar-refractivity contribution in [2.45, 2.75) is 26.5 Å². The van der Waals surface area contributed by atoms with Gasteiger partial charge in [0.05, 0.1) is 6.10 Å². The Balaban J connectivity index is 1.98. The van der Waals surface area contributed by atoms with Crippen LogP contribution in [-0.2, 0) is 6.54 Å².